The molecule has 0 saturated heterocycles. The van der Waals surface area contributed by atoms with Crippen LogP contribution in [0.3, 0.4) is 0 Å². The SMILES string of the molecule is COCCn1ccc2ccc(NC(=O)CC3(O)CCCCC3)cc21. The van der Waals surface area contributed by atoms with Crippen LogP contribution in [0.4, 0.5) is 5.69 Å². The van der Waals surface area contributed by atoms with E-state index in [-0.39, 0.29) is 12.3 Å². The molecule has 1 heterocycles. The Labute approximate surface area is 142 Å². The summed E-state index contributed by atoms with van der Waals surface area (Å²) in [5.74, 6) is -0.117. The Bertz CT molecular complexity index is 702. The van der Waals surface area contributed by atoms with E-state index in [1.807, 2.05) is 24.4 Å². The summed E-state index contributed by atoms with van der Waals surface area (Å²) in [5, 5.41) is 14.6. The van der Waals surface area contributed by atoms with Crippen molar-refractivity contribution in [3.63, 3.8) is 0 Å². The number of methoxy groups -OCH3 is 1. The summed E-state index contributed by atoms with van der Waals surface area (Å²) in [6.45, 7) is 1.42. The molecule has 1 fully saturated rings. The van der Waals surface area contributed by atoms with Crippen molar-refractivity contribution in [3.8, 4) is 0 Å². The van der Waals surface area contributed by atoms with Gasteiger partial charge >= 0.3 is 0 Å². The Morgan fingerprint density at radius 3 is 2.83 bits per heavy atom. The van der Waals surface area contributed by atoms with Crippen molar-refractivity contribution in [2.45, 2.75) is 50.7 Å². The van der Waals surface area contributed by atoms with Gasteiger partial charge in [-0.3, -0.25) is 4.79 Å². The number of carbonyl (C=O) groups is 1. The van der Waals surface area contributed by atoms with Crippen LogP contribution in [0.25, 0.3) is 10.9 Å². The molecule has 1 aromatic heterocycles. The van der Waals surface area contributed by atoms with Crippen LogP contribution in [-0.4, -0.2) is 34.9 Å². The van der Waals surface area contributed by atoms with Crippen LogP contribution in [0.1, 0.15) is 38.5 Å². The van der Waals surface area contributed by atoms with Gasteiger partial charge in [-0.1, -0.05) is 25.3 Å². The van der Waals surface area contributed by atoms with Gasteiger partial charge in [0.05, 0.1) is 24.1 Å². The van der Waals surface area contributed by atoms with Crippen molar-refractivity contribution in [2.24, 2.45) is 0 Å². The summed E-state index contributed by atoms with van der Waals surface area (Å²) in [7, 11) is 1.69. The van der Waals surface area contributed by atoms with Gasteiger partial charge in [0.2, 0.25) is 5.91 Å². The highest BCUT2D eigenvalue weighted by Gasteiger charge is 2.31. The highest BCUT2D eigenvalue weighted by Crippen LogP contribution is 2.31. The predicted molar refractivity (Wildman–Crippen MR) is 95.1 cm³/mol. The Kier molecular flexibility index (Phi) is 5.21. The lowest BCUT2D eigenvalue weighted by molar-refractivity contribution is -0.122. The molecule has 2 N–H and O–H groups in total. The number of aromatic nitrogens is 1. The van der Waals surface area contributed by atoms with Gasteiger partial charge in [-0.05, 0) is 36.4 Å². The summed E-state index contributed by atoms with van der Waals surface area (Å²) in [5.41, 5.74) is 1.01. The van der Waals surface area contributed by atoms with Gasteiger partial charge < -0.3 is 19.7 Å². The number of benzene rings is 1. The summed E-state index contributed by atoms with van der Waals surface area (Å²) in [6, 6.07) is 7.95. The van der Waals surface area contributed by atoms with Crippen LogP contribution < -0.4 is 5.32 Å². The number of hydrogen-bond acceptors (Lipinski definition) is 3. The first-order valence-electron chi connectivity index (χ1n) is 8.70. The van der Waals surface area contributed by atoms with Gasteiger partial charge in [0.25, 0.3) is 0 Å². The minimum Gasteiger partial charge on any atom is -0.389 e. The maximum Gasteiger partial charge on any atom is 0.227 e. The van der Waals surface area contributed by atoms with Gasteiger partial charge in [0, 0.05) is 25.5 Å². The van der Waals surface area contributed by atoms with Crippen molar-refractivity contribution in [3.05, 3.63) is 30.5 Å². The molecule has 1 saturated carbocycles. The van der Waals surface area contributed by atoms with Crippen LogP contribution in [-0.2, 0) is 16.1 Å². The molecule has 130 valence electrons. The Balaban J connectivity index is 1.68. The number of fused-ring (bicyclic) bond motifs is 1. The Morgan fingerprint density at radius 2 is 2.08 bits per heavy atom. The fraction of sp³-hybridized carbons (Fsp3) is 0.526. The minimum absolute atomic E-state index is 0.117. The quantitative estimate of drug-likeness (QED) is 0.854. The number of aliphatic hydroxyl groups is 1. The fourth-order valence-electron chi connectivity index (χ4n) is 3.54. The normalized spacial score (nSPS) is 17.1. The number of carbonyl (C=O) groups excluding carboxylic acids is 1. The average Bonchev–Trinajstić information content (AvgIpc) is 2.95. The first-order valence-corrected chi connectivity index (χ1v) is 8.70. The third kappa shape index (κ3) is 3.97. The van der Waals surface area contributed by atoms with Crippen molar-refractivity contribution in [1.29, 1.82) is 0 Å². The second-order valence-corrected chi connectivity index (χ2v) is 6.79. The van der Waals surface area contributed by atoms with Crippen molar-refractivity contribution >= 4 is 22.5 Å². The highest BCUT2D eigenvalue weighted by atomic mass is 16.5. The molecule has 0 atom stereocenters. The van der Waals surface area contributed by atoms with E-state index in [0.29, 0.717) is 6.61 Å². The van der Waals surface area contributed by atoms with E-state index in [0.717, 1.165) is 55.2 Å². The molecule has 3 rings (SSSR count). The first kappa shape index (κ1) is 17.0. The van der Waals surface area contributed by atoms with E-state index < -0.39 is 5.60 Å². The summed E-state index contributed by atoms with van der Waals surface area (Å²) in [6.07, 6.45) is 6.80. The van der Waals surface area contributed by atoms with Crippen LogP contribution in [0.5, 0.6) is 0 Å². The van der Waals surface area contributed by atoms with E-state index in [1.54, 1.807) is 7.11 Å². The minimum atomic E-state index is -0.828. The molecule has 24 heavy (non-hydrogen) atoms. The van der Waals surface area contributed by atoms with E-state index >= 15 is 0 Å². The maximum atomic E-state index is 12.3. The highest BCUT2D eigenvalue weighted by molar-refractivity contribution is 5.94. The smallest absolute Gasteiger partial charge is 0.227 e. The van der Waals surface area contributed by atoms with Crippen LogP contribution in [0, 0.1) is 0 Å². The van der Waals surface area contributed by atoms with E-state index in [2.05, 4.69) is 16.0 Å². The molecular formula is C19H26N2O3. The number of nitrogens with one attached hydrogen (secondary N) is 1. The number of rotatable bonds is 6. The van der Waals surface area contributed by atoms with Gasteiger partial charge in [-0.2, -0.15) is 0 Å². The molecule has 0 radical (unpaired) electrons. The molecule has 0 aliphatic heterocycles. The molecular weight excluding hydrogens is 304 g/mol. The standard InChI is InChI=1S/C19H26N2O3/c1-24-12-11-21-10-7-15-5-6-16(13-17(15)21)20-18(22)14-19(23)8-3-2-4-9-19/h5-7,10,13,23H,2-4,8-9,11-12,14H2,1H3,(H,20,22). The van der Waals surface area contributed by atoms with Crippen molar-refractivity contribution in [2.75, 3.05) is 19.0 Å². The number of amides is 1. The lowest BCUT2D eigenvalue weighted by Gasteiger charge is -2.31. The predicted octanol–water partition coefficient (Wildman–Crippen LogP) is 3.31. The lowest BCUT2D eigenvalue weighted by Crippen LogP contribution is -2.35. The largest absolute Gasteiger partial charge is 0.389 e. The molecule has 5 heteroatoms. The third-order valence-corrected chi connectivity index (χ3v) is 4.87. The zero-order valence-electron chi connectivity index (χ0n) is 14.3. The molecule has 0 bridgehead atoms. The summed E-state index contributed by atoms with van der Waals surface area (Å²) in [4.78, 5) is 12.3. The summed E-state index contributed by atoms with van der Waals surface area (Å²) >= 11 is 0. The number of ether oxygens (including phenoxy) is 1. The van der Waals surface area contributed by atoms with Gasteiger partial charge in [0.15, 0.2) is 0 Å². The lowest BCUT2D eigenvalue weighted by atomic mass is 9.82. The monoisotopic (exact) mass is 330 g/mol. The van der Waals surface area contributed by atoms with E-state index in [1.165, 1.54) is 0 Å². The van der Waals surface area contributed by atoms with Crippen molar-refractivity contribution < 1.29 is 14.6 Å². The molecule has 1 aliphatic carbocycles. The van der Waals surface area contributed by atoms with E-state index in [4.69, 9.17) is 4.74 Å². The molecule has 0 spiro atoms. The number of hydrogen-bond donors (Lipinski definition) is 2. The zero-order valence-corrected chi connectivity index (χ0v) is 14.3. The fourth-order valence-corrected chi connectivity index (χ4v) is 3.54. The molecule has 1 aromatic carbocycles. The van der Waals surface area contributed by atoms with E-state index in [9.17, 15) is 9.90 Å². The van der Waals surface area contributed by atoms with Crippen LogP contribution >= 0.6 is 0 Å². The van der Waals surface area contributed by atoms with Crippen LogP contribution in [0.2, 0.25) is 0 Å². The van der Waals surface area contributed by atoms with Gasteiger partial charge in [0.1, 0.15) is 0 Å². The van der Waals surface area contributed by atoms with Gasteiger partial charge in [-0.25, -0.2) is 0 Å². The topological polar surface area (TPSA) is 63.5 Å². The Hall–Kier alpha value is -1.85. The molecule has 1 amide bonds. The third-order valence-electron chi connectivity index (χ3n) is 4.87. The average molecular weight is 330 g/mol. The van der Waals surface area contributed by atoms with Crippen molar-refractivity contribution in [1.82, 2.24) is 4.57 Å². The molecule has 1 aliphatic rings. The maximum absolute atomic E-state index is 12.3. The number of nitrogens with zero attached hydrogens (tertiary/aromatic N) is 1. The Morgan fingerprint density at radius 1 is 1.29 bits per heavy atom. The first-order chi connectivity index (χ1) is 11.6. The second kappa shape index (κ2) is 7.36. The molecule has 0 unspecified atom stereocenters. The summed E-state index contributed by atoms with van der Waals surface area (Å²) < 4.78 is 7.25. The molecule has 5 nitrogen and oxygen atoms in total. The molecule has 2 aromatic rings. The number of anilines is 1. The second-order valence-electron chi connectivity index (χ2n) is 6.79. The zero-order chi connectivity index (χ0) is 17.0. The van der Waals surface area contributed by atoms with Gasteiger partial charge in [-0.15, -0.1) is 0 Å². The van der Waals surface area contributed by atoms with Crippen LogP contribution in [0.15, 0.2) is 30.5 Å².